The van der Waals surface area contributed by atoms with Crippen LogP contribution in [0.15, 0.2) is 121 Å². The number of hydrogen-bond acceptors (Lipinski definition) is 0. The summed E-state index contributed by atoms with van der Waals surface area (Å²) >= 11 is 0. The van der Waals surface area contributed by atoms with Crippen LogP contribution in [0.5, 0.6) is 0 Å². The molecular weight excluding hydrogens is 444 g/mol. The molecule has 0 amide bonds. The molecule has 0 bridgehead atoms. The van der Waals surface area contributed by atoms with Crippen molar-refractivity contribution in [3.8, 4) is 22.3 Å². The molecule has 174 valence electrons. The summed E-state index contributed by atoms with van der Waals surface area (Å²) in [7, 11) is 0. The highest BCUT2D eigenvalue weighted by atomic mass is 14.4. The summed E-state index contributed by atoms with van der Waals surface area (Å²) in [5, 5.41) is 10.5. The van der Waals surface area contributed by atoms with E-state index < -0.39 is 0 Å². The second-order valence-electron chi connectivity index (χ2n) is 11.0. The third kappa shape index (κ3) is 2.84. The molecule has 0 atom stereocenters. The van der Waals surface area contributed by atoms with Gasteiger partial charge >= 0.3 is 0 Å². The molecule has 0 spiro atoms. The van der Waals surface area contributed by atoms with Crippen molar-refractivity contribution in [1.29, 1.82) is 0 Å². The normalized spacial score (nSPS) is 13.9. The third-order valence-corrected chi connectivity index (χ3v) is 8.60. The average molecular weight is 471 g/mol. The van der Waals surface area contributed by atoms with Crippen LogP contribution in [0.2, 0.25) is 0 Å². The van der Waals surface area contributed by atoms with Crippen LogP contribution >= 0.6 is 0 Å². The van der Waals surface area contributed by atoms with Crippen molar-refractivity contribution in [3.05, 3.63) is 132 Å². The maximum Gasteiger partial charge on any atom is 0.0159 e. The molecule has 0 fully saturated rings. The minimum Gasteiger partial charge on any atom is -0.0616 e. The number of benzene rings is 7. The van der Waals surface area contributed by atoms with Crippen molar-refractivity contribution in [1.82, 2.24) is 0 Å². The van der Waals surface area contributed by atoms with E-state index >= 15 is 0 Å². The van der Waals surface area contributed by atoms with Gasteiger partial charge in [-0.05, 0) is 101 Å². The molecule has 1 aliphatic rings. The number of fused-ring (bicyclic) bond motifs is 6. The second kappa shape index (κ2) is 7.31. The maximum absolute atomic E-state index is 2.46. The van der Waals surface area contributed by atoms with Crippen LogP contribution in [-0.4, -0.2) is 0 Å². The molecule has 0 heterocycles. The summed E-state index contributed by atoms with van der Waals surface area (Å²) < 4.78 is 0. The van der Waals surface area contributed by atoms with E-state index in [9.17, 15) is 0 Å². The van der Waals surface area contributed by atoms with Gasteiger partial charge in [-0.15, -0.1) is 0 Å². The topological polar surface area (TPSA) is 0 Å². The van der Waals surface area contributed by atoms with Gasteiger partial charge in [-0.2, -0.15) is 0 Å². The van der Waals surface area contributed by atoms with Gasteiger partial charge in [0.1, 0.15) is 0 Å². The lowest BCUT2D eigenvalue weighted by molar-refractivity contribution is 0.645. The lowest BCUT2D eigenvalue weighted by Gasteiger charge is -2.35. The van der Waals surface area contributed by atoms with Gasteiger partial charge in [0.15, 0.2) is 0 Å². The molecule has 0 heteroatoms. The van der Waals surface area contributed by atoms with Crippen LogP contribution in [0.1, 0.15) is 25.0 Å². The summed E-state index contributed by atoms with van der Waals surface area (Å²) in [5.74, 6) is 0. The lowest BCUT2D eigenvalue weighted by Crippen LogP contribution is -2.23. The van der Waals surface area contributed by atoms with Gasteiger partial charge in [-0.25, -0.2) is 0 Å². The van der Waals surface area contributed by atoms with E-state index in [2.05, 4.69) is 135 Å². The van der Waals surface area contributed by atoms with Gasteiger partial charge in [-0.3, -0.25) is 0 Å². The zero-order chi connectivity index (χ0) is 24.7. The van der Waals surface area contributed by atoms with Gasteiger partial charge in [0.2, 0.25) is 0 Å². The first-order valence-electron chi connectivity index (χ1n) is 13.1. The summed E-state index contributed by atoms with van der Waals surface area (Å²) in [6.45, 7) is 4.76. The SMILES string of the molecule is CC1(C)c2cc(-c3cc4ccccc4c4cc5ccccc5cc34)ccc2-c2cccc3cccc1c23. The van der Waals surface area contributed by atoms with Crippen molar-refractivity contribution in [2.24, 2.45) is 0 Å². The summed E-state index contributed by atoms with van der Waals surface area (Å²) in [6, 6.07) is 45.3. The molecule has 0 aliphatic heterocycles. The average Bonchev–Trinajstić information content (AvgIpc) is 2.94. The molecule has 1 aliphatic carbocycles. The Bertz CT molecular complexity index is 2050. The van der Waals surface area contributed by atoms with Gasteiger partial charge in [0, 0.05) is 5.41 Å². The number of rotatable bonds is 1. The van der Waals surface area contributed by atoms with Crippen LogP contribution in [0, 0.1) is 0 Å². The highest BCUT2D eigenvalue weighted by Gasteiger charge is 2.33. The zero-order valence-electron chi connectivity index (χ0n) is 21.0. The van der Waals surface area contributed by atoms with Crippen LogP contribution in [0.4, 0.5) is 0 Å². The Kier molecular flexibility index (Phi) is 4.10. The minimum absolute atomic E-state index is 0.0848. The highest BCUT2D eigenvalue weighted by molar-refractivity contribution is 6.17. The Balaban J connectivity index is 1.46. The molecule has 0 aromatic heterocycles. The summed E-state index contributed by atoms with van der Waals surface area (Å²) in [5.41, 5.74) is 8.02. The summed E-state index contributed by atoms with van der Waals surface area (Å²) in [6.07, 6.45) is 0. The fraction of sp³-hybridized carbons (Fsp3) is 0.0811. The molecule has 37 heavy (non-hydrogen) atoms. The minimum atomic E-state index is -0.0848. The second-order valence-corrected chi connectivity index (χ2v) is 11.0. The van der Waals surface area contributed by atoms with Crippen molar-refractivity contribution >= 4 is 43.1 Å². The van der Waals surface area contributed by atoms with Crippen molar-refractivity contribution < 1.29 is 0 Å². The van der Waals surface area contributed by atoms with E-state index in [-0.39, 0.29) is 5.41 Å². The van der Waals surface area contributed by atoms with Gasteiger partial charge in [0.25, 0.3) is 0 Å². The Morgan fingerprint density at radius 1 is 0.405 bits per heavy atom. The Morgan fingerprint density at radius 2 is 1.08 bits per heavy atom. The molecule has 0 radical (unpaired) electrons. The van der Waals surface area contributed by atoms with E-state index in [0.29, 0.717) is 0 Å². The first-order valence-corrected chi connectivity index (χ1v) is 13.1. The van der Waals surface area contributed by atoms with E-state index in [1.165, 1.54) is 76.5 Å². The first kappa shape index (κ1) is 20.7. The molecule has 7 aromatic carbocycles. The van der Waals surface area contributed by atoms with Crippen LogP contribution in [-0.2, 0) is 5.41 Å². The standard InChI is InChI=1S/C37H26/c1-37(2)34-16-8-13-23-12-7-15-30(36(23)34)29-18-17-27(22-35(29)37)31-21-26-11-5-6-14-28(26)32-19-24-9-3-4-10-25(24)20-33(31)32/h3-22H,1-2H3. The molecule has 0 N–H and O–H groups in total. The molecule has 0 saturated heterocycles. The predicted molar refractivity (Wildman–Crippen MR) is 159 cm³/mol. The predicted octanol–water partition coefficient (Wildman–Crippen LogP) is 10.3. The zero-order valence-corrected chi connectivity index (χ0v) is 21.0. The lowest BCUT2D eigenvalue weighted by atomic mass is 9.68. The smallest absolute Gasteiger partial charge is 0.0159 e. The number of hydrogen-bond donors (Lipinski definition) is 0. The van der Waals surface area contributed by atoms with E-state index in [4.69, 9.17) is 0 Å². The largest absolute Gasteiger partial charge is 0.0616 e. The van der Waals surface area contributed by atoms with E-state index in [1.54, 1.807) is 0 Å². The van der Waals surface area contributed by atoms with Crippen molar-refractivity contribution in [2.75, 3.05) is 0 Å². The Hall–Kier alpha value is -4.42. The molecule has 7 aromatic rings. The highest BCUT2D eigenvalue weighted by Crippen LogP contribution is 2.50. The molecule has 8 rings (SSSR count). The van der Waals surface area contributed by atoms with Gasteiger partial charge in [0.05, 0.1) is 0 Å². The van der Waals surface area contributed by atoms with Crippen LogP contribution in [0.25, 0.3) is 65.3 Å². The van der Waals surface area contributed by atoms with E-state index in [1.807, 2.05) is 0 Å². The quantitative estimate of drug-likeness (QED) is 0.165. The molecule has 0 unspecified atom stereocenters. The maximum atomic E-state index is 2.46. The Morgan fingerprint density at radius 3 is 1.89 bits per heavy atom. The van der Waals surface area contributed by atoms with Gasteiger partial charge in [-0.1, -0.05) is 111 Å². The first-order chi connectivity index (χ1) is 18.1. The fourth-order valence-electron chi connectivity index (χ4n) is 6.72. The van der Waals surface area contributed by atoms with Crippen molar-refractivity contribution in [3.63, 3.8) is 0 Å². The molecular formula is C37H26. The third-order valence-electron chi connectivity index (χ3n) is 8.60. The van der Waals surface area contributed by atoms with Crippen LogP contribution in [0.3, 0.4) is 0 Å². The molecule has 0 nitrogen and oxygen atoms in total. The van der Waals surface area contributed by atoms with E-state index in [0.717, 1.165) is 0 Å². The monoisotopic (exact) mass is 470 g/mol. The van der Waals surface area contributed by atoms with Crippen molar-refractivity contribution in [2.45, 2.75) is 19.3 Å². The Labute approximate surface area is 216 Å². The summed E-state index contributed by atoms with van der Waals surface area (Å²) in [4.78, 5) is 0. The van der Waals surface area contributed by atoms with Crippen LogP contribution < -0.4 is 0 Å². The van der Waals surface area contributed by atoms with Gasteiger partial charge < -0.3 is 0 Å². The molecule has 0 saturated carbocycles. The fourth-order valence-corrected chi connectivity index (χ4v) is 6.72.